The molecule has 2 N–H and O–H groups in total. The van der Waals surface area contributed by atoms with Gasteiger partial charge in [-0.25, -0.2) is 0 Å². The molecule has 3 rings (SSSR count). The molecule has 150 valence electrons. The standard InChI is InChI=1S/C23H32N4O/c1-25(2)22-11-12-27(17-22)16-18-7-9-20(10-8-18)21-6-4-5-19(13-21)15-26(3)23(28)14-24/h4-10,13,22H,11-12,14-17,24H2,1-3H3. The molecule has 0 saturated carbocycles. The Morgan fingerprint density at radius 3 is 2.46 bits per heavy atom. The summed E-state index contributed by atoms with van der Waals surface area (Å²) in [5.74, 6) is -0.0480. The average Bonchev–Trinajstić information content (AvgIpc) is 3.17. The number of nitrogens with zero attached hydrogens (tertiary/aromatic N) is 3. The first-order valence-electron chi connectivity index (χ1n) is 9.97. The molecule has 0 radical (unpaired) electrons. The number of hydrogen-bond acceptors (Lipinski definition) is 4. The van der Waals surface area contributed by atoms with Gasteiger partial charge in [-0.1, -0.05) is 42.5 Å². The zero-order chi connectivity index (χ0) is 20.1. The SMILES string of the molecule is CN(Cc1cccc(-c2ccc(CN3CCC(N(C)C)C3)cc2)c1)C(=O)CN. The summed E-state index contributed by atoms with van der Waals surface area (Å²) in [6, 6.07) is 17.9. The highest BCUT2D eigenvalue weighted by atomic mass is 16.2. The fraction of sp³-hybridized carbons (Fsp3) is 0.435. The molecule has 0 aliphatic carbocycles. The molecule has 1 heterocycles. The third-order valence-electron chi connectivity index (χ3n) is 5.62. The molecule has 0 spiro atoms. The molecule has 1 aliphatic heterocycles. The Hall–Kier alpha value is -2.21. The van der Waals surface area contributed by atoms with Crippen LogP contribution in [0.25, 0.3) is 11.1 Å². The van der Waals surface area contributed by atoms with Crippen molar-refractivity contribution in [2.24, 2.45) is 5.73 Å². The van der Waals surface area contributed by atoms with Crippen LogP contribution < -0.4 is 5.73 Å². The lowest BCUT2D eigenvalue weighted by atomic mass is 10.0. The van der Waals surface area contributed by atoms with Gasteiger partial charge in [-0.2, -0.15) is 0 Å². The van der Waals surface area contributed by atoms with Crippen molar-refractivity contribution in [3.05, 3.63) is 59.7 Å². The molecule has 2 aromatic rings. The van der Waals surface area contributed by atoms with E-state index in [4.69, 9.17) is 5.73 Å². The number of carbonyl (C=O) groups excluding carboxylic acids is 1. The van der Waals surface area contributed by atoms with Crippen molar-refractivity contribution in [1.82, 2.24) is 14.7 Å². The highest BCUT2D eigenvalue weighted by Gasteiger charge is 2.23. The van der Waals surface area contributed by atoms with E-state index in [1.165, 1.54) is 29.7 Å². The van der Waals surface area contributed by atoms with Gasteiger partial charge in [0.1, 0.15) is 0 Å². The molecule has 1 atom stereocenters. The van der Waals surface area contributed by atoms with Gasteiger partial charge in [0, 0.05) is 39.3 Å². The second-order valence-electron chi connectivity index (χ2n) is 7.99. The van der Waals surface area contributed by atoms with Gasteiger partial charge in [-0.15, -0.1) is 0 Å². The van der Waals surface area contributed by atoms with Gasteiger partial charge in [0.25, 0.3) is 0 Å². The number of benzene rings is 2. The summed E-state index contributed by atoms with van der Waals surface area (Å²) < 4.78 is 0. The second kappa shape index (κ2) is 9.32. The van der Waals surface area contributed by atoms with Gasteiger partial charge in [0.15, 0.2) is 0 Å². The highest BCUT2D eigenvalue weighted by Crippen LogP contribution is 2.23. The monoisotopic (exact) mass is 380 g/mol. The maximum atomic E-state index is 11.7. The van der Waals surface area contributed by atoms with Crippen molar-refractivity contribution >= 4 is 5.91 Å². The molecular formula is C23H32N4O. The van der Waals surface area contributed by atoms with Crippen LogP contribution >= 0.6 is 0 Å². The van der Waals surface area contributed by atoms with E-state index in [-0.39, 0.29) is 12.5 Å². The molecular weight excluding hydrogens is 348 g/mol. The summed E-state index contributed by atoms with van der Waals surface area (Å²) in [6.07, 6.45) is 1.25. The maximum Gasteiger partial charge on any atom is 0.236 e. The Balaban J connectivity index is 1.63. The van der Waals surface area contributed by atoms with Gasteiger partial charge < -0.3 is 15.5 Å². The van der Waals surface area contributed by atoms with Crippen LogP contribution in [-0.2, 0) is 17.9 Å². The minimum atomic E-state index is -0.0480. The van der Waals surface area contributed by atoms with Crippen LogP contribution in [0.1, 0.15) is 17.5 Å². The fourth-order valence-corrected chi connectivity index (χ4v) is 3.81. The van der Waals surface area contributed by atoms with Gasteiger partial charge in [-0.05, 0) is 48.8 Å². The largest absolute Gasteiger partial charge is 0.340 e. The average molecular weight is 381 g/mol. The van der Waals surface area contributed by atoms with E-state index in [1.807, 2.05) is 12.1 Å². The predicted molar refractivity (Wildman–Crippen MR) is 115 cm³/mol. The molecule has 0 aromatic heterocycles. The molecule has 2 aromatic carbocycles. The molecule has 5 heteroatoms. The Kier molecular flexibility index (Phi) is 6.83. The number of carbonyl (C=O) groups is 1. The molecule has 1 unspecified atom stereocenters. The van der Waals surface area contributed by atoms with Gasteiger partial charge >= 0.3 is 0 Å². The molecule has 5 nitrogen and oxygen atoms in total. The van der Waals surface area contributed by atoms with E-state index in [0.717, 1.165) is 18.7 Å². The van der Waals surface area contributed by atoms with Crippen molar-refractivity contribution in [2.75, 3.05) is 40.8 Å². The minimum Gasteiger partial charge on any atom is -0.340 e. The van der Waals surface area contributed by atoms with Crippen LogP contribution in [0.3, 0.4) is 0 Å². The van der Waals surface area contributed by atoms with Crippen molar-refractivity contribution in [1.29, 1.82) is 0 Å². The minimum absolute atomic E-state index is 0.0456. The van der Waals surface area contributed by atoms with Crippen LogP contribution in [0, 0.1) is 0 Å². The van der Waals surface area contributed by atoms with E-state index in [1.54, 1.807) is 11.9 Å². The fourth-order valence-electron chi connectivity index (χ4n) is 3.81. The first kappa shape index (κ1) is 20.5. The molecule has 1 amide bonds. The lowest BCUT2D eigenvalue weighted by Crippen LogP contribution is -2.32. The van der Waals surface area contributed by atoms with Crippen LogP contribution in [0.4, 0.5) is 0 Å². The van der Waals surface area contributed by atoms with Gasteiger partial charge in [-0.3, -0.25) is 9.69 Å². The number of rotatable bonds is 7. The molecule has 28 heavy (non-hydrogen) atoms. The smallest absolute Gasteiger partial charge is 0.236 e. The lowest BCUT2D eigenvalue weighted by molar-refractivity contribution is -0.128. The van der Waals surface area contributed by atoms with Crippen molar-refractivity contribution in [2.45, 2.75) is 25.6 Å². The summed E-state index contributed by atoms with van der Waals surface area (Å²) in [5.41, 5.74) is 10.3. The first-order chi connectivity index (χ1) is 13.5. The van der Waals surface area contributed by atoms with E-state index in [9.17, 15) is 4.79 Å². The van der Waals surface area contributed by atoms with Crippen LogP contribution in [-0.4, -0.2) is 67.4 Å². The van der Waals surface area contributed by atoms with Crippen LogP contribution in [0.2, 0.25) is 0 Å². The highest BCUT2D eigenvalue weighted by molar-refractivity contribution is 5.77. The predicted octanol–water partition coefficient (Wildman–Crippen LogP) is 2.41. The Labute approximate surface area is 168 Å². The first-order valence-corrected chi connectivity index (χ1v) is 9.97. The quantitative estimate of drug-likeness (QED) is 0.801. The van der Waals surface area contributed by atoms with E-state index >= 15 is 0 Å². The number of amides is 1. The zero-order valence-electron chi connectivity index (χ0n) is 17.3. The summed E-state index contributed by atoms with van der Waals surface area (Å²) in [4.78, 5) is 18.2. The molecule has 0 bridgehead atoms. The Bertz CT molecular complexity index is 787. The Morgan fingerprint density at radius 1 is 1.07 bits per heavy atom. The molecule has 1 aliphatic rings. The van der Waals surface area contributed by atoms with Crippen molar-refractivity contribution in [3.63, 3.8) is 0 Å². The zero-order valence-corrected chi connectivity index (χ0v) is 17.3. The molecule has 1 fully saturated rings. The normalized spacial score (nSPS) is 17.2. The second-order valence-corrected chi connectivity index (χ2v) is 7.99. The lowest BCUT2D eigenvalue weighted by Gasteiger charge is -2.20. The third-order valence-corrected chi connectivity index (χ3v) is 5.62. The summed E-state index contributed by atoms with van der Waals surface area (Å²) in [5, 5.41) is 0. The van der Waals surface area contributed by atoms with Crippen molar-refractivity contribution in [3.8, 4) is 11.1 Å². The number of hydrogen-bond donors (Lipinski definition) is 1. The number of likely N-dealkylation sites (N-methyl/N-ethyl adjacent to an activating group) is 2. The van der Waals surface area contributed by atoms with E-state index in [0.29, 0.717) is 12.6 Å². The van der Waals surface area contributed by atoms with Gasteiger partial charge in [0.05, 0.1) is 6.54 Å². The summed E-state index contributed by atoms with van der Waals surface area (Å²) in [6.45, 7) is 3.94. The van der Waals surface area contributed by atoms with Gasteiger partial charge in [0.2, 0.25) is 5.91 Å². The van der Waals surface area contributed by atoms with Crippen molar-refractivity contribution < 1.29 is 4.79 Å². The number of nitrogens with two attached hydrogens (primary N) is 1. The third kappa shape index (κ3) is 5.19. The molecule has 1 saturated heterocycles. The number of likely N-dealkylation sites (tertiary alicyclic amines) is 1. The summed E-state index contributed by atoms with van der Waals surface area (Å²) in [7, 11) is 6.12. The van der Waals surface area contributed by atoms with E-state index < -0.39 is 0 Å². The van der Waals surface area contributed by atoms with Crippen LogP contribution in [0.5, 0.6) is 0 Å². The summed E-state index contributed by atoms with van der Waals surface area (Å²) >= 11 is 0. The maximum absolute atomic E-state index is 11.7. The van der Waals surface area contributed by atoms with E-state index in [2.05, 4.69) is 60.3 Å². The van der Waals surface area contributed by atoms with Crippen LogP contribution in [0.15, 0.2) is 48.5 Å². The Morgan fingerprint density at radius 2 is 1.82 bits per heavy atom. The topological polar surface area (TPSA) is 52.8 Å².